The molecule has 7 heteroatoms. The van der Waals surface area contributed by atoms with Crippen LogP contribution in [0.25, 0.3) is 0 Å². The molecule has 3 N–H and O–H groups in total. The standard InChI is InChI=1S/C16H17ClN2O3S/c1-22-13-9(17)4-2-5-10(13)18-15(23)12-11(20)8-16(6-3-7-16)19-14(12)21/h2,4-5,20H,3,6-8H2,1H3,(H,18,23)(H,19,21). The predicted molar refractivity (Wildman–Crippen MR) is 93.2 cm³/mol. The number of ether oxygens (including phenoxy) is 1. The minimum atomic E-state index is -0.341. The highest BCUT2D eigenvalue weighted by molar-refractivity contribution is 7.81. The molecule has 1 fully saturated rings. The van der Waals surface area contributed by atoms with E-state index in [9.17, 15) is 9.90 Å². The Kier molecular flexibility index (Phi) is 4.21. The van der Waals surface area contributed by atoms with Crippen LogP contribution in [0.5, 0.6) is 5.75 Å². The van der Waals surface area contributed by atoms with E-state index in [4.69, 9.17) is 28.6 Å². The highest BCUT2D eigenvalue weighted by Crippen LogP contribution is 2.40. The molecule has 0 atom stereocenters. The Morgan fingerprint density at radius 2 is 2.22 bits per heavy atom. The maximum absolute atomic E-state index is 12.4. The lowest BCUT2D eigenvalue weighted by Gasteiger charge is -2.45. The number of carbonyl (C=O) groups is 1. The molecular weight excluding hydrogens is 336 g/mol. The molecule has 0 bridgehead atoms. The lowest BCUT2D eigenvalue weighted by Crippen LogP contribution is -2.57. The molecule has 1 aliphatic carbocycles. The van der Waals surface area contributed by atoms with Gasteiger partial charge in [0, 0.05) is 12.0 Å². The Labute approximate surface area is 144 Å². The van der Waals surface area contributed by atoms with E-state index in [-0.39, 0.29) is 27.8 Å². The molecular formula is C16H17ClN2O3S. The number of aliphatic hydroxyl groups excluding tert-OH is 1. The van der Waals surface area contributed by atoms with Crippen molar-refractivity contribution in [3.05, 3.63) is 34.6 Å². The molecule has 0 saturated heterocycles. The van der Waals surface area contributed by atoms with E-state index in [1.807, 2.05) is 0 Å². The predicted octanol–water partition coefficient (Wildman–Crippen LogP) is 3.34. The molecule has 0 radical (unpaired) electrons. The number of hydrogen-bond acceptors (Lipinski definition) is 4. The lowest BCUT2D eigenvalue weighted by molar-refractivity contribution is -0.121. The summed E-state index contributed by atoms with van der Waals surface area (Å²) in [4.78, 5) is 12.5. The van der Waals surface area contributed by atoms with Crippen molar-refractivity contribution in [2.75, 3.05) is 12.4 Å². The van der Waals surface area contributed by atoms with Crippen LogP contribution in [0.4, 0.5) is 5.69 Å². The van der Waals surface area contributed by atoms with Gasteiger partial charge in [-0.1, -0.05) is 29.9 Å². The molecule has 1 saturated carbocycles. The van der Waals surface area contributed by atoms with E-state index in [0.717, 1.165) is 19.3 Å². The molecule has 5 nitrogen and oxygen atoms in total. The van der Waals surface area contributed by atoms with Crippen molar-refractivity contribution in [2.24, 2.45) is 0 Å². The van der Waals surface area contributed by atoms with Gasteiger partial charge < -0.3 is 20.5 Å². The molecule has 0 unspecified atom stereocenters. The summed E-state index contributed by atoms with van der Waals surface area (Å²) in [6.07, 6.45) is 3.25. The summed E-state index contributed by atoms with van der Waals surface area (Å²) in [6.45, 7) is 0. The molecule has 1 aromatic carbocycles. The Morgan fingerprint density at radius 1 is 1.48 bits per heavy atom. The number of aliphatic hydroxyl groups is 1. The van der Waals surface area contributed by atoms with Crippen LogP contribution in [0.1, 0.15) is 25.7 Å². The van der Waals surface area contributed by atoms with Gasteiger partial charge in [0.15, 0.2) is 5.75 Å². The first-order valence-electron chi connectivity index (χ1n) is 7.34. The van der Waals surface area contributed by atoms with Crippen LogP contribution in [0.3, 0.4) is 0 Å². The summed E-state index contributed by atoms with van der Waals surface area (Å²) in [5, 5.41) is 16.6. The number of hydrogen-bond donors (Lipinski definition) is 3. The fourth-order valence-corrected chi connectivity index (χ4v) is 3.60. The highest BCUT2D eigenvalue weighted by Gasteiger charge is 2.44. The number of para-hydroxylation sites is 1. The van der Waals surface area contributed by atoms with Crippen LogP contribution in [-0.2, 0) is 4.79 Å². The Morgan fingerprint density at radius 3 is 2.78 bits per heavy atom. The Balaban J connectivity index is 1.85. The van der Waals surface area contributed by atoms with E-state index in [1.165, 1.54) is 7.11 Å². The van der Waals surface area contributed by atoms with Crippen molar-refractivity contribution in [3.8, 4) is 5.75 Å². The number of carbonyl (C=O) groups excluding carboxylic acids is 1. The zero-order chi connectivity index (χ0) is 16.6. The number of methoxy groups -OCH3 is 1. The maximum Gasteiger partial charge on any atom is 0.258 e. The topological polar surface area (TPSA) is 70.6 Å². The first kappa shape index (κ1) is 16.1. The van der Waals surface area contributed by atoms with Crippen LogP contribution < -0.4 is 15.4 Å². The van der Waals surface area contributed by atoms with Gasteiger partial charge in [-0.3, -0.25) is 4.79 Å². The minimum absolute atomic E-state index is 0.0342. The third kappa shape index (κ3) is 2.88. The van der Waals surface area contributed by atoms with Crippen molar-refractivity contribution in [2.45, 2.75) is 31.2 Å². The molecule has 23 heavy (non-hydrogen) atoms. The SMILES string of the molecule is COc1c(Cl)cccc1NC(=S)C1=C(O)CC2(CCC2)NC1=O. The minimum Gasteiger partial charge on any atom is -0.511 e. The van der Waals surface area contributed by atoms with Crippen molar-refractivity contribution in [3.63, 3.8) is 0 Å². The van der Waals surface area contributed by atoms with Gasteiger partial charge in [0.05, 0.1) is 17.8 Å². The third-order valence-corrected chi connectivity index (χ3v) is 4.96. The monoisotopic (exact) mass is 352 g/mol. The molecule has 1 amide bonds. The average Bonchev–Trinajstić information content (AvgIpc) is 2.45. The van der Waals surface area contributed by atoms with Crippen molar-refractivity contribution in [1.82, 2.24) is 5.32 Å². The fourth-order valence-electron chi connectivity index (χ4n) is 3.03. The summed E-state index contributed by atoms with van der Waals surface area (Å²) < 4.78 is 5.24. The normalized spacial score (nSPS) is 19.1. The van der Waals surface area contributed by atoms with E-state index in [0.29, 0.717) is 22.9 Å². The van der Waals surface area contributed by atoms with Gasteiger partial charge in [-0.15, -0.1) is 0 Å². The average molecular weight is 353 g/mol. The quantitative estimate of drug-likeness (QED) is 0.728. The molecule has 122 valence electrons. The lowest BCUT2D eigenvalue weighted by atomic mass is 9.72. The number of thiocarbonyl (C=S) groups is 1. The third-order valence-electron chi connectivity index (χ3n) is 4.36. The smallest absolute Gasteiger partial charge is 0.258 e. The van der Waals surface area contributed by atoms with E-state index in [2.05, 4.69) is 10.6 Å². The molecule has 1 aromatic rings. The first-order valence-corrected chi connectivity index (χ1v) is 8.13. The number of halogens is 1. The summed E-state index contributed by atoms with van der Waals surface area (Å²) in [7, 11) is 1.50. The first-order chi connectivity index (χ1) is 11.0. The molecule has 1 aliphatic heterocycles. The van der Waals surface area contributed by atoms with Gasteiger partial charge in [0.25, 0.3) is 5.91 Å². The molecule has 2 aliphatic rings. The molecule has 1 heterocycles. The summed E-state index contributed by atoms with van der Waals surface area (Å²) >= 11 is 11.4. The fraction of sp³-hybridized carbons (Fsp3) is 0.375. The largest absolute Gasteiger partial charge is 0.511 e. The summed E-state index contributed by atoms with van der Waals surface area (Å²) in [6, 6.07) is 5.18. The maximum atomic E-state index is 12.4. The van der Waals surface area contributed by atoms with Crippen LogP contribution in [-0.4, -0.2) is 28.7 Å². The van der Waals surface area contributed by atoms with Gasteiger partial charge in [-0.2, -0.15) is 0 Å². The van der Waals surface area contributed by atoms with Gasteiger partial charge in [-0.05, 0) is 31.4 Å². The van der Waals surface area contributed by atoms with Gasteiger partial charge >= 0.3 is 0 Å². The van der Waals surface area contributed by atoms with Crippen LogP contribution in [0.2, 0.25) is 5.02 Å². The van der Waals surface area contributed by atoms with Gasteiger partial charge in [0.1, 0.15) is 16.3 Å². The van der Waals surface area contributed by atoms with E-state index in [1.54, 1.807) is 18.2 Å². The second-order valence-corrected chi connectivity index (χ2v) is 6.68. The van der Waals surface area contributed by atoms with Crippen LogP contribution in [0, 0.1) is 0 Å². The number of nitrogens with one attached hydrogen (secondary N) is 2. The van der Waals surface area contributed by atoms with Crippen LogP contribution in [0.15, 0.2) is 29.5 Å². The number of amides is 1. The number of rotatable bonds is 3. The highest BCUT2D eigenvalue weighted by atomic mass is 35.5. The summed E-state index contributed by atoms with van der Waals surface area (Å²) in [5.74, 6) is 0.127. The second-order valence-electron chi connectivity index (χ2n) is 5.86. The number of benzene rings is 1. The number of anilines is 1. The van der Waals surface area contributed by atoms with Crippen molar-refractivity contribution >= 4 is 40.4 Å². The van der Waals surface area contributed by atoms with Gasteiger partial charge in [-0.25, -0.2) is 0 Å². The van der Waals surface area contributed by atoms with Crippen molar-refractivity contribution in [1.29, 1.82) is 0 Å². The molecule has 1 spiro atoms. The van der Waals surface area contributed by atoms with Crippen LogP contribution >= 0.6 is 23.8 Å². The zero-order valence-electron chi connectivity index (χ0n) is 12.6. The molecule has 0 aromatic heterocycles. The van der Waals surface area contributed by atoms with E-state index >= 15 is 0 Å². The summed E-state index contributed by atoms with van der Waals surface area (Å²) in [5.41, 5.74) is 0.371. The Bertz CT molecular complexity index is 713. The zero-order valence-corrected chi connectivity index (χ0v) is 14.2. The molecule has 3 rings (SSSR count). The van der Waals surface area contributed by atoms with E-state index < -0.39 is 0 Å². The van der Waals surface area contributed by atoms with Gasteiger partial charge in [0.2, 0.25) is 0 Å². The Hall–Kier alpha value is -1.79. The second kappa shape index (κ2) is 6.02. The van der Waals surface area contributed by atoms with Crippen molar-refractivity contribution < 1.29 is 14.6 Å².